The van der Waals surface area contributed by atoms with Crippen LogP contribution in [0.5, 0.6) is 0 Å². The van der Waals surface area contributed by atoms with Crippen LogP contribution in [0, 0.1) is 0 Å². The molecule has 0 heterocycles. The van der Waals surface area contributed by atoms with Gasteiger partial charge in [-0.05, 0) is 6.92 Å². The van der Waals surface area contributed by atoms with Crippen molar-refractivity contribution >= 4 is 18.3 Å². The van der Waals surface area contributed by atoms with E-state index >= 15 is 0 Å². The smallest absolute Gasteiger partial charge is 0.236 e. The topological polar surface area (TPSA) is 55.1 Å². The van der Waals surface area contributed by atoms with Crippen molar-refractivity contribution in [3.05, 3.63) is 0 Å². The molecule has 0 aromatic carbocycles. The van der Waals surface area contributed by atoms with E-state index < -0.39 is 0 Å². The summed E-state index contributed by atoms with van der Waals surface area (Å²) in [5.41, 5.74) is 5.13. The molecule has 3 nitrogen and oxygen atoms in total. The van der Waals surface area contributed by atoms with Gasteiger partial charge in [-0.15, -0.1) is 12.4 Å². The number of rotatable bonds is 1. The fraction of sp³-hybridized carbons (Fsp3) is 0.750. The van der Waals surface area contributed by atoms with Crippen LogP contribution >= 0.6 is 12.4 Å². The van der Waals surface area contributed by atoms with Gasteiger partial charge < -0.3 is 11.1 Å². The monoisotopic (exact) mass is 138 g/mol. The van der Waals surface area contributed by atoms with E-state index in [9.17, 15) is 4.79 Å². The molecule has 0 saturated carbocycles. The molecule has 8 heavy (non-hydrogen) atoms. The SMILES string of the molecule is CNC(=O)[C@H](C)N.Cl. The number of hydrogen-bond donors (Lipinski definition) is 2. The molecule has 1 amide bonds. The highest BCUT2D eigenvalue weighted by molar-refractivity contribution is 5.85. The van der Waals surface area contributed by atoms with Crippen LogP contribution in [-0.4, -0.2) is 19.0 Å². The zero-order valence-electron chi connectivity index (χ0n) is 4.97. The van der Waals surface area contributed by atoms with Gasteiger partial charge >= 0.3 is 0 Å². The Morgan fingerprint density at radius 1 is 1.75 bits per heavy atom. The average molecular weight is 139 g/mol. The molecular weight excluding hydrogens is 128 g/mol. The summed E-state index contributed by atoms with van der Waals surface area (Å²) in [7, 11) is 1.56. The van der Waals surface area contributed by atoms with E-state index in [2.05, 4.69) is 5.32 Å². The molecule has 50 valence electrons. The number of hydrogen-bond acceptors (Lipinski definition) is 2. The molecule has 0 fully saturated rings. The third-order valence-electron chi connectivity index (χ3n) is 0.660. The number of carbonyl (C=O) groups excluding carboxylic acids is 1. The van der Waals surface area contributed by atoms with E-state index in [4.69, 9.17) is 5.73 Å². The first-order chi connectivity index (χ1) is 3.18. The van der Waals surface area contributed by atoms with Crippen LogP contribution in [0.1, 0.15) is 6.92 Å². The lowest BCUT2D eigenvalue weighted by atomic mass is 10.3. The zero-order valence-corrected chi connectivity index (χ0v) is 5.79. The third-order valence-corrected chi connectivity index (χ3v) is 0.660. The fourth-order valence-electron chi connectivity index (χ4n) is 0.228. The Morgan fingerprint density at radius 2 is 2.12 bits per heavy atom. The van der Waals surface area contributed by atoms with Gasteiger partial charge in [0, 0.05) is 7.05 Å². The molecule has 0 radical (unpaired) electrons. The molecule has 0 spiro atoms. The Hall–Kier alpha value is -0.280. The van der Waals surface area contributed by atoms with Crippen LogP contribution in [0.2, 0.25) is 0 Å². The lowest BCUT2D eigenvalue weighted by Gasteiger charge is -1.99. The summed E-state index contributed by atoms with van der Waals surface area (Å²) < 4.78 is 0. The Labute approximate surface area is 55.0 Å². The summed E-state index contributed by atoms with van der Waals surface area (Å²) in [5.74, 6) is -0.125. The highest BCUT2D eigenvalue weighted by atomic mass is 35.5. The summed E-state index contributed by atoms with van der Waals surface area (Å²) in [4.78, 5) is 10.3. The standard InChI is InChI=1S/C4H10N2O.ClH/c1-3(5)4(7)6-2;/h3H,5H2,1-2H3,(H,6,7);1H/t3-;/m0./s1. The van der Waals surface area contributed by atoms with Gasteiger partial charge in [-0.1, -0.05) is 0 Å². The lowest BCUT2D eigenvalue weighted by Crippen LogP contribution is -2.35. The minimum Gasteiger partial charge on any atom is -0.358 e. The van der Waals surface area contributed by atoms with Gasteiger partial charge in [0.1, 0.15) is 0 Å². The van der Waals surface area contributed by atoms with Crippen LogP contribution in [0.15, 0.2) is 0 Å². The summed E-state index contributed by atoms with van der Waals surface area (Å²) >= 11 is 0. The van der Waals surface area contributed by atoms with Gasteiger partial charge in [-0.25, -0.2) is 0 Å². The Morgan fingerprint density at radius 3 is 2.12 bits per heavy atom. The number of nitrogens with one attached hydrogen (secondary N) is 1. The van der Waals surface area contributed by atoms with Crippen molar-refractivity contribution in [1.82, 2.24) is 5.32 Å². The first-order valence-corrected chi connectivity index (χ1v) is 2.15. The predicted molar refractivity (Wildman–Crippen MR) is 35.0 cm³/mol. The number of amides is 1. The molecule has 4 heteroatoms. The first-order valence-electron chi connectivity index (χ1n) is 2.15. The van der Waals surface area contributed by atoms with Gasteiger partial charge in [0.2, 0.25) is 5.91 Å². The Balaban J connectivity index is 0. The maximum Gasteiger partial charge on any atom is 0.236 e. The highest BCUT2D eigenvalue weighted by Crippen LogP contribution is 1.69. The van der Waals surface area contributed by atoms with Crippen molar-refractivity contribution in [2.24, 2.45) is 5.73 Å². The first kappa shape index (κ1) is 10.7. The van der Waals surface area contributed by atoms with Gasteiger partial charge in [0.05, 0.1) is 6.04 Å². The summed E-state index contributed by atoms with van der Waals surface area (Å²) in [6.07, 6.45) is 0. The van der Waals surface area contributed by atoms with Crippen molar-refractivity contribution < 1.29 is 4.79 Å². The Bertz CT molecular complexity index is 74.4. The molecule has 1 atom stereocenters. The second-order valence-corrected chi connectivity index (χ2v) is 1.40. The second-order valence-electron chi connectivity index (χ2n) is 1.40. The van der Waals surface area contributed by atoms with Gasteiger partial charge in [0.15, 0.2) is 0 Å². The summed E-state index contributed by atoms with van der Waals surface area (Å²) in [6.45, 7) is 1.64. The number of halogens is 1. The quantitative estimate of drug-likeness (QED) is 0.514. The van der Waals surface area contributed by atoms with Crippen molar-refractivity contribution in [2.75, 3.05) is 7.05 Å². The maximum atomic E-state index is 10.3. The maximum absolute atomic E-state index is 10.3. The minimum atomic E-state index is -0.384. The number of carbonyl (C=O) groups is 1. The van der Waals surface area contributed by atoms with Crippen molar-refractivity contribution in [3.8, 4) is 0 Å². The van der Waals surface area contributed by atoms with Crippen LogP contribution in [0.4, 0.5) is 0 Å². The summed E-state index contributed by atoms with van der Waals surface area (Å²) in [6, 6.07) is -0.384. The molecule has 0 aliphatic heterocycles. The van der Waals surface area contributed by atoms with Crippen LogP contribution in [0.3, 0.4) is 0 Å². The summed E-state index contributed by atoms with van der Waals surface area (Å²) in [5, 5.41) is 2.40. The van der Waals surface area contributed by atoms with E-state index in [0.29, 0.717) is 0 Å². The largest absolute Gasteiger partial charge is 0.358 e. The van der Waals surface area contributed by atoms with Gasteiger partial charge in [-0.2, -0.15) is 0 Å². The Kier molecular flexibility index (Phi) is 6.48. The van der Waals surface area contributed by atoms with Crippen LogP contribution in [-0.2, 0) is 4.79 Å². The molecule has 0 aliphatic rings. The van der Waals surface area contributed by atoms with Gasteiger partial charge in [-0.3, -0.25) is 4.79 Å². The number of likely N-dealkylation sites (N-methyl/N-ethyl adjacent to an activating group) is 1. The van der Waals surface area contributed by atoms with E-state index in [1.165, 1.54) is 0 Å². The average Bonchev–Trinajstić information content (AvgIpc) is 1.65. The number of nitrogens with two attached hydrogens (primary N) is 1. The van der Waals surface area contributed by atoms with Crippen LogP contribution in [0.25, 0.3) is 0 Å². The second kappa shape index (κ2) is 4.87. The van der Waals surface area contributed by atoms with E-state index in [1.54, 1.807) is 14.0 Å². The third kappa shape index (κ3) is 3.89. The zero-order chi connectivity index (χ0) is 5.86. The normalized spacial score (nSPS) is 11.4. The van der Waals surface area contributed by atoms with Crippen LogP contribution < -0.4 is 11.1 Å². The van der Waals surface area contributed by atoms with Crippen molar-refractivity contribution in [3.63, 3.8) is 0 Å². The minimum absolute atomic E-state index is 0. The molecule has 0 bridgehead atoms. The van der Waals surface area contributed by atoms with E-state index in [-0.39, 0.29) is 24.4 Å². The van der Waals surface area contributed by atoms with Crippen molar-refractivity contribution in [1.29, 1.82) is 0 Å². The molecule has 0 aromatic rings. The van der Waals surface area contributed by atoms with Crippen molar-refractivity contribution in [2.45, 2.75) is 13.0 Å². The highest BCUT2D eigenvalue weighted by Gasteiger charge is 2.00. The fourth-order valence-corrected chi connectivity index (χ4v) is 0.228. The molecular formula is C4H11ClN2O. The molecule has 0 unspecified atom stereocenters. The molecule has 0 rings (SSSR count). The van der Waals surface area contributed by atoms with E-state index in [1.807, 2.05) is 0 Å². The molecule has 0 aliphatic carbocycles. The molecule has 0 aromatic heterocycles. The predicted octanol–water partition coefficient (Wildman–Crippen LogP) is -0.499. The van der Waals surface area contributed by atoms with Gasteiger partial charge in [0.25, 0.3) is 0 Å². The lowest BCUT2D eigenvalue weighted by molar-refractivity contribution is -0.121. The molecule has 3 N–H and O–H groups in total. The van der Waals surface area contributed by atoms with E-state index in [0.717, 1.165) is 0 Å². The molecule has 0 saturated heterocycles.